The van der Waals surface area contributed by atoms with Crippen LogP contribution in [0, 0.1) is 5.41 Å². The first-order chi connectivity index (χ1) is 10.2. The van der Waals surface area contributed by atoms with Crippen LogP contribution < -0.4 is 5.32 Å². The number of hydrogen-bond acceptors (Lipinski definition) is 3. The van der Waals surface area contributed by atoms with Crippen molar-refractivity contribution in [1.29, 1.82) is 0 Å². The van der Waals surface area contributed by atoms with E-state index in [1.807, 2.05) is 0 Å². The van der Waals surface area contributed by atoms with Gasteiger partial charge in [0.25, 0.3) is 0 Å². The molecule has 0 aromatic rings. The number of nitrogens with one attached hydrogen (secondary N) is 1. The molecular weight excluding hydrogens is 258 g/mol. The minimum atomic E-state index is 0.559. The predicted octanol–water partition coefficient (Wildman–Crippen LogP) is 2.71. The molecule has 21 heavy (non-hydrogen) atoms. The molecule has 0 radical (unpaired) electrons. The summed E-state index contributed by atoms with van der Waals surface area (Å²) in [7, 11) is 0. The zero-order valence-electron chi connectivity index (χ0n) is 14.2. The number of piperazine rings is 1. The van der Waals surface area contributed by atoms with Crippen molar-refractivity contribution in [3.05, 3.63) is 0 Å². The Morgan fingerprint density at radius 2 is 1.86 bits per heavy atom. The van der Waals surface area contributed by atoms with Crippen LogP contribution in [-0.2, 0) is 0 Å². The SMILES string of the molecule is CC(C)NCC1(CN2CCN3CCCC3C2)CCCCC1. The van der Waals surface area contributed by atoms with Crippen molar-refractivity contribution in [3.8, 4) is 0 Å². The van der Waals surface area contributed by atoms with Crippen molar-refractivity contribution in [1.82, 2.24) is 15.1 Å². The van der Waals surface area contributed by atoms with E-state index in [-0.39, 0.29) is 0 Å². The fraction of sp³-hybridized carbons (Fsp3) is 1.00. The zero-order chi connectivity index (χ0) is 14.7. The summed E-state index contributed by atoms with van der Waals surface area (Å²) >= 11 is 0. The zero-order valence-corrected chi connectivity index (χ0v) is 14.2. The Kier molecular flexibility index (Phi) is 5.23. The van der Waals surface area contributed by atoms with Crippen molar-refractivity contribution >= 4 is 0 Å². The van der Waals surface area contributed by atoms with Crippen LogP contribution in [0.3, 0.4) is 0 Å². The summed E-state index contributed by atoms with van der Waals surface area (Å²) in [4.78, 5) is 5.54. The van der Waals surface area contributed by atoms with Crippen LogP contribution in [0.4, 0.5) is 0 Å². The normalized spacial score (nSPS) is 30.7. The van der Waals surface area contributed by atoms with Crippen LogP contribution in [0.25, 0.3) is 0 Å². The lowest BCUT2D eigenvalue weighted by molar-refractivity contribution is 0.0456. The third-order valence-electron chi connectivity index (χ3n) is 6.03. The van der Waals surface area contributed by atoms with Crippen molar-refractivity contribution in [2.75, 3.05) is 39.3 Å². The van der Waals surface area contributed by atoms with Crippen LogP contribution in [0.5, 0.6) is 0 Å². The van der Waals surface area contributed by atoms with Crippen molar-refractivity contribution in [2.45, 2.75) is 70.9 Å². The Morgan fingerprint density at radius 1 is 1.05 bits per heavy atom. The molecule has 0 bridgehead atoms. The third kappa shape index (κ3) is 4.00. The number of hydrogen-bond donors (Lipinski definition) is 1. The van der Waals surface area contributed by atoms with Gasteiger partial charge < -0.3 is 5.32 Å². The summed E-state index contributed by atoms with van der Waals surface area (Å²) in [5.41, 5.74) is 0.559. The average Bonchev–Trinajstić information content (AvgIpc) is 2.94. The first kappa shape index (κ1) is 15.8. The minimum absolute atomic E-state index is 0.559. The van der Waals surface area contributed by atoms with Gasteiger partial charge in [-0.2, -0.15) is 0 Å². The van der Waals surface area contributed by atoms with Crippen molar-refractivity contribution in [2.24, 2.45) is 5.41 Å². The molecule has 1 saturated carbocycles. The van der Waals surface area contributed by atoms with Gasteiger partial charge in [0, 0.05) is 44.8 Å². The maximum absolute atomic E-state index is 3.75. The molecule has 3 fully saturated rings. The van der Waals surface area contributed by atoms with Crippen LogP contribution in [0.15, 0.2) is 0 Å². The highest BCUT2D eigenvalue weighted by atomic mass is 15.3. The Balaban J connectivity index is 1.58. The second kappa shape index (κ2) is 6.97. The van der Waals surface area contributed by atoms with Crippen LogP contribution >= 0.6 is 0 Å². The molecule has 3 heteroatoms. The fourth-order valence-corrected chi connectivity index (χ4v) is 4.79. The van der Waals surface area contributed by atoms with E-state index in [2.05, 4.69) is 29.0 Å². The predicted molar refractivity (Wildman–Crippen MR) is 89.7 cm³/mol. The van der Waals surface area contributed by atoms with Gasteiger partial charge in [-0.25, -0.2) is 0 Å². The van der Waals surface area contributed by atoms with Gasteiger partial charge >= 0.3 is 0 Å². The molecule has 1 atom stereocenters. The van der Waals surface area contributed by atoms with Crippen LogP contribution in [-0.4, -0.2) is 61.2 Å². The van der Waals surface area contributed by atoms with E-state index in [0.717, 1.165) is 6.04 Å². The summed E-state index contributed by atoms with van der Waals surface area (Å²) in [6.07, 6.45) is 10.1. The van der Waals surface area contributed by atoms with E-state index in [1.165, 1.54) is 84.2 Å². The van der Waals surface area contributed by atoms with Gasteiger partial charge in [-0.05, 0) is 37.6 Å². The first-order valence-electron chi connectivity index (χ1n) is 9.37. The Labute approximate surface area is 131 Å². The van der Waals surface area contributed by atoms with E-state index in [0.29, 0.717) is 11.5 Å². The lowest BCUT2D eigenvalue weighted by Crippen LogP contribution is -2.54. The van der Waals surface area contributed by atoms with Gasteiger partial charge in [0.05, 0.1) is 0 Å². The first-order valence-corrected chi connectivity index (χ1v) is 9.37. The van der Waals surface area contributed by atoms with E-state index in [4.69, 9.17) is 0 Å². The lowest BCUT2D eigenvalue weighted by atomic mass is 9.73. The highest BCUT2D eigenvalue weighted by molar-refractivity contribution is 4.93. The van der Waals surface area contributed by atoms with E-state index in [1.54, 1.807) is 0 Å². The molecule has 1 N–H and O–H groups in total. The minimum Gasteiger partial charge on any atom is -0.314 e. The molecule has 1 unspecified atom stereocenters. The van der Waals surface area contributed by atoms with Gasteiger partial charge in [-0.3, -0.25) is 9.80 Å². The van der Waals surface area contributed by atoms with Gasteiger partial charge in [0.15, 0.2) is 0 Å². The summed E-state index contributed by atoms with van der Waals surface area (Å²) in [6, 6.07) is 1.49. The molecule has 2 aliphatic heterocycles. The Bertz CT molecular complexity index is 322. The summed E-state index contributed by atoms with van der Waals surface area (Å²) in [5, 5.41) is 3.75. The molecule has 0 aromatic carbocycles. The monoisotopic (exact) mass is 293 g/mol. The Hall–Kier alpha value is -0.120. The molecule has 3 aliphatic rings. The smallest absolute Gasteiger partial charge is 0.0224 e. The molecule has 3 nitrogen and oxygen atoms in total. The van der Waals surface area contributed by atoms with Crippen LogP contribution in [0.1, 0.15) is 58.8 Å². The van der Waals surface area contributed by atoms with E-state index < -0.39 is 0 Å². The lowest BCUT2D eigenvalue weighted by Gasteiger charge is -2.45. The van der Waals surface area contributed by atoms with Crippen molar-refractivity contribution < 1.29 is 0 Å². The second-order valence-corrected chi connectivity index (χ2v) is 8.16. The van der Waals surface area contributed by atoms with Gasteiger partial charge in [-0.1, -0.05) is 33.1 Å². The molecule has 0 aromatic heterocycles. The summed E-state index contributed by atoms with van der Waals surface area (Å²) in [6.45, 7) is 12.5. The molecule has 0 amide bonds. The number of nitrogens with zero attached hydrogens (tertiary/aromatic N) is 2. The highest BCUT2D eigenvalue weighted by Crippen LogP contribution is 2.37. The number of rotatable bonds is 5. The topological polar surface area (TPSA) is 18.5 Å². The third-order valence-corrected chi connectivity index (χ3v) is 6.03. The van der Waals surface area contributed by atoms with E-state index >= 15 is 0 Å². The summed E-state index contributed by atoms with van der Waals surface area (Å²) in [5.74, 6) is 0. The largest absolute Gasteiger partial charge is 0.314 e. The molecule has 2 heterocycles. The average molecular weight is 293 g/mol. The molecular formula is C18H35N3. The maximum atomic E-state index is 3.75. The standard InChI is InChI=1S/C18H35N3/c1-16(2)19-14-18(8-4-3-5-9-18)15-20-11-12-21-10-6-7-17(21)13-20/h16-17,19H,3-15H2,1-2H3. The highest BCUT2D eigenvalue weighted by Gasteiger charge is 2.37. The van der Waals surface area contributed by atoms with E-state index in [9.17, 15) is 0 Å². The molecule has 3 rings (SSSR count). The molecule has 122 valence electrons. The quantitative estimate of drug-likeness (QED) is 0.841. The van der Waals surface area contributed by atoms with Crippen LogP contribution in [0.2, 0.25) is 0 Å². The molecule has 1 aliphatic carbocycles. The summed E-state index contributed by atoms with van der Waals surface area (Å²) < 4.78 is 0. The second-order valence-electron chi connectivity index (χ2n) is 8.16. The fourth-order valence-electron chi connectivity index (χ4n) is 4.79. The van der Waals surface area contributed by atoms with Gasteiger partial charge in [-0.15, -0.1) is 0 Å². The molecule has 0 spiro atoms. The Morgan fingerprint density at radius 3 is 2.62 bits per heavy atom. The van der Waals surface area contributed by atoms with Crippen molar-refractivity contribution in [3.63, 3.8) is 0 Å². The van der Waals surface area contributed by atoms with Gasteiger partial charge in [0.2, 0.25) is 0 Å². The van der Waals surface area contributed by atoms with Gasteiger partial charge in [0.1, 0.15) is 0 Å². The molecule has 2 saturated heterocycles. The maximum Gasteiger partial charge on any atom is 0.0224 e. The number of fused-ring (bicyclic) bond motifs is 1.